The van der Waals surface area contributed by atoms with Crippen LogP contribution < -0.4 is 0 Å². The fourth-order valence-electron chi connectivity index (χ4n) is 7.25. The minimum Gasteiger partial charge on any atom is -0.462 e. The normalized spacial score (nSPS) is 13.1. The first kappa shape index (κ1) is 62.6. The summed E-state index contributed by atoms with van der Waals surface area (Å²) in [5.74, 6) is -0.461. The van der Waals surface area contributed by atoms with Gasteiger partial charge in [0.2, 0.25) is 0 Å². The third-order valence-electron chi connectivity index (χ3n) is 11.3. The molecule has 0 aromatic rings. The van der Waals surface area contributed by atoms with Crippen LogP contribution >= 0.6 is 0 Å². The van der Waals surface area contributed by atoms with E-state index < -0.39 is 6.10 Å². The monoisotopic (exact) mass is 915 g/mol. The molecule has 0 radical (unpaired) electrons. The highest BCUT2D eigenvalue weighted by atomic mass is 16.6. The summed E-state index contributed by atoms with van der Waals surface area (Å²) in [6.07, 6.45) is 76.9. The lowest BCUT2D eigenvalue weighted by Crippen LogP contribution is -2.30. The summed E-state index contributed by atoms with van der Waals surface area (Å²) in [6.45, 7) is 7.46. The Hall–Kier alpha value is -3.44. The van der Waals surface area contributed by atoms with Crippen LogP contribution in [0, 0.1) is 0 Å². The molecule has 0 aliphatic carbocycles. The van der Waals surface area contributed by atoms with Gasteiger partial charge < -0.3 is 14.2 Å². The number of hydrogen-bond acceptors (Lipinski definition) is 5. The predicted octanol–water partition coefficient (Wildman–Crippen LogP) is 18.8. The van der Waals surface area contributed by atoms with E-state index >= 15 is 0 Å². The molecular formula is C61H102O5. The zero-order chi connectivity index (χ0) is 47.7. The van der Waals surface area contributed by atoms with Crippen LogP contribution in [-0.4, -0.2) is 37.9 Å². The van der Waals surface area contributed by atoms with Crippen LogP contribution in [-0.2, 0) is 23.8 Å². The minimum absolute atomic E-state index is 0.0493. The number of rotatable bonds is 49. The molecule has 0 fully saturated rings. The summed E-state index contributed by atoms with van der Waals surface area (Å²) in [5, 5.41) is 0. The maximum Gasteiger partial charge on any atom is 0.306 e. The molecule has 66 heavy (non-hydrogen) atoms. The van der Waals surface area contributed by atoms with E-state index in [9.17, 15) is 9.59 Å². The molecule has 0 saturated heterocycles. The minimum atomic E-state index is -0.581. The Morgan fingerprint density at radius 1 is 0.348 bits per heavy atom. The fourth-order valence-corrected chi connectivity index (χ4v) is 7.25. The van der Waals surface area contributed by atoms with Crippen LogP contribution in [0.5, 0.6) is 0 Å². The van der Waals surface area contributed by atoms with Crippen molar-refractivity contribution in [2.75, 3.05) is 19.8 Å². The first-order chi connectivity index (χ1) is 32.6. The van der Waals surface area contributed by atoms with Crippen molar-refractivity contribution in [1.82, 2.24) is 0 Å². The Labute approximate surface area is 408 Å². The highest BCUT2D eigenvalue weighted by Crippen LogP contribution is 2.14. The van der Waals surface area contributed by atoms with Crippen LogP contribution in [0.4, 0.5) is 0 Å². The van der Waals surface area contributed by atoms with E-state index in [2.05, 4.69) is 130 Å². The molecule has 1 unspecified atom stereocenters. The van der Waals surface area contributed by atoms with E-state index in [1.807, 2.05) is 0 Å². The molecule has 0 aromatic heterocycles. The van der Waals surface area contributed by atoms with E-state index in [0.29, 0.717) is 19.4 Å². The molecule has 0 aliphatic rings. The molecule has 0 N–H and O–H groups in total. The van der Waals surface area contributed by atoms with Crippen molar-refractivity contribution in [3.8, 4) is 0 Å². The number of carbonyl (C=O) groups excluding carboxylic acids is 2. The van der Waals surface area contributed by atoms with E-state index in [-0.39, 0.29) is 25.2 Å². The van der Waals surface area contributed by atoms with Gasteiger partial charge in [0.25, 0.3) is 0 Å². The molecule has 0 rings (SSSR count). The Morgan fingerprint density at radius 2 is 0.682 bits per heavy atom. The molecule has 0 bridgehead atoms. The van der Waals surface area contributed by atoms with Crippen LogP contribution in [0.15, 0.2) is 109 Å². The van der Waals surface area contributed by atoms with Gasteiger partial charge in [-0.2, -0.15) is 0 Å². The van der Waals surface area contributed by atoms with Crippen LogP contribution in [0.25, 0.3) is 0 Å². The third-order valence-corrected chi connectivity index (χ3v) is 11.3. The zero-order valence-electron chi connectivity index (χ0n) is 43.2. The molecule has 0 saturated carbocycles. The highest BCUT2D eigenvalue weighted by molar-refractivity contribution is 5.70. The largest absolute Gasteiger partial charge is 0.462 e. The summed E-state index contributed by atoms with van der Waals surface area (Å²) in [5.41, 5.74) is 0. The molecule has 1 atom stereocenters. The average molecular weight is 915 g/mol. The summed E-state index contributed by atoms with van der Waals surface area (Å²) in [7, 11) is 0. The Bertz CT molecular complexity index is 1310. The van der Waals surface area contributed by atoms with Crippen molar-refractivity contribution in [3.05, 3.63) is 109 Å². The van der Waals surface area contributed by atoms with Gasteiger partial charge in [-0.3, -0.25) is 9.59 Å². The van der Waals surface area contributed by atoms with Gasteiger partial charge in [-0.05, 0) is 122 Å². The van der Waals surface area contributed by atoms with Gasteiger partial charge in [0, 0.05) is 19.4 Å². The molecule has 376 valence electrons. The Morgan fingerprint density at radius 3 is 1.12 bits per heavy atom. The molecule has 5 heteroatoms. The maximum atomic E-state index is 12.8. The van der Waals surface area contributed by atoms with Crippen molar-refractivity contribution in [1.29, 1.82) is 0 Å². The molecule has 0 aromatic carbocycles. The summed E-state index contributed by atoms with van der Waals surface area (Å²) in [6, 6.07) is 0. The van der Waals surface area contributed by atoms with E-state index in [1.54, 1.807) is 0 Å². The smallest absolute Gasteiger partial charge is 0.306 e. The van der Waals surface area contributed by atoms with Gasteiger partial charge in [0.15, 0.2) is 6.10 Å². The van der Waals surface area contributed by atoms with Crippen molar-refractivity contribution < 1.29 is 23.8 Å². The predicted molar refractivity (Wildman–Crippen MR) is 288 cm³/mol. The quantitative estimate of drug-likeness (QED) is 0.0346. The molecule has 0 amide bonds. The maximum absolute atomic E-state index is 12.8. The van der Waals surface area contributed by atoms with Crippen molar-refractivity contribution in [2.24, 2.45) is 0 Å². The lowest BCUT2D eigenvalue weighted by atomic mass is 10.1. The highest BCUT2D eigenvalue weighted by Gasteiger charge is 2.17. The summed E-state index contributed by atoms with van der Waals surface area (Å²) >= 11 is 0. The van der Waals surface area contributed by atoms with E-state index in [4.69, 9.17) is 14.2 Å². The van der Waals surface area contributed by atoms with E-state index in [0.717, 1.165) is 116 Å². The van der Waals surface area contributed by atoms with Crippen LogP contribution in [0.1, 0.15) is 239 Å². The third kappa shape index (κ3) is 53.2. The topological polar surface area (TPSA) is 61.8 Å². The fraction of sp³-hybridized carbons (Fsp3) is 0.672. The number of allylic oxidation sites excluding steroid dienone is 18. The van der Waals surface area contributed by atoms with Gasteiger partial charge >= 0.3 is 11.9 Å². The SMILES string of the molecule is CC/C=C\C/C=C\C/C=C\C/C=C\C/C=C\CCCCOCC(COC(=O)CCCCCCCCCCC/C=C\CCCCCCCC)OC(=O)CCCCC/C=C\C/C=C\C/C=C\CC. The molecule has 5 nitrogen and oxygen atoms in total. The van der Waals surface area contributed by atoms with Gasteiger partial charge in [-0.15, -0.1) is 0 Å². The summed E-state index contributed by atoms with van der Waals surface area (Å²) in [4.78, 5) is 25.4. The standard InChI is InChI=1S/C61H102O5/c1-4-7-10-13-16-19-22-25-27-29-31-32-34-37-39-42-45-48-51-54-60(62)65-58-59(66-61(63)55-52-49-46-43-40-36-24-21-18-15-12-9-6-3)57-64-56-53-50-47-44-41-38-35-33-30-28-26-23-20-17-14-11-8-5-2/h8-9,11-12,17-18,20-21,25-28,33,35-36,40-41,44,59H,4-7,10,13-16,19,22-24,29-32,34,37-39,42-43,45-58H2,1-3H3/b11-8-,12-9-,20-17-,21-18-,27-25-,28-26-,35-33-,40-36-,44-41-. The first-order valence-corrected chi connectivity index (χ1v) is 27.4. The lowest BCUT2D eigenvalue weighted by molar-refractivity contribution is -0.163. The number of esters is 2. The van der Waals surface area contributed by atoms with E-state index in [1.165, 1.54) is 89.9 Å². The van der Waals surface area contributed by atoms with Gasteiger partial charge in [-0.1, -0.05) is 214 Å². The number of unbranched alkanes of at least 4 members (excludes halogenated alkanes) is 20. The number of hydrogen-bond donors (Lipinski definition) is 0. The van der Waals surface area contributed by atoms with Crippen molar-refractivity contribution >= 4 is 11.9 Å². The lowest BCUT2D eigenvalue weighted by Gasteiger charge is -2.18. The molecule has 0 spiro atoms. The van der Waals surface area contributed by atoms with Crippen molar-refractivity contribution in [2.45, 2.75) is 245 Å². The second-order valence-corrected chi connectivity index (χ2v) is 17.7. The molecule has 0 aliphatic heterocycles. The average Bonchev–Trinajstić information content (AvgIpc) is 3.32. The number of ether oxygens (including phenoxy) is 3. The Balaban J connectivity index is 4.37. The van der Waals surface area contributed by atoms with Gasteiger partial charge in [0.1, 0.15) is 6.61 Å². The van der Waals surface area contributed by atoms with Crippen LogP contribution in [0.2, 0.25) is 0 Å². The first-order valence-electron chi connectivity index (χ1n) is 27.4. The number of carbonyl (C=O) groups is 2. The summed E-state index contributed by atoms with van der Waals surface area (Å²) < 4.78 is 17.4. The van der Waals surface area contributed by atoms with Crippen LogP contribution in [0.3, 0.4) is 0 Å². The molecular weight excluding hydrogens is 813 g/mol. The second kappa shape index (κ2) is 55.9. The zero-order valence-corrected chi connectivity index (χ0v) is 43.2. The van der Waals surface area contributed by atoms with Gasteiger partial charge in [0.05, 0.1) is 6.61 Å². The second-order valence-electron chi connectivity index (χ2n) is 17.7. The van der Waals surface area contributed by atoms with Crippen molar-refractivity contribution in [3.63, 3.8) is 0 Å². The molecule has 0 heterocycles. The van der Waals surface area contributed by atoms with Gasteiger partial charge in [-0.25, -0.2) is 0 Å². The Kier molecular flexibility index (Phi) is 53.0.